The molecule has 0 aliphatic carbocycles. The van der Waals surface area contributed by atoms with Gasteiger partial charge >= 0.3 is 0 Å². The van der Waals surface area contributed by atoms with Crippen molar-refractivity contribution in [3.63, 3.8) is 0 Å². The Morgan fingerprint density at radius 2 is 2.05 bits per heavy atom. The van der Waals surface area contributed by atoms with E-state index in [1.54, 1.807) is 13.2 Å². The number of anilines is 1. The molecule has 0 saturated heterocycles. The van der Waals surface area contributed by atoms with Crippen molar-refractivity contribution in [1.29, 1.82) is 0 Å². The first-order chi connectivity index (χ1) is 10.7. The summed E-state index contributed by atoms with van der Waals surface area (Å²) in [7, 11) is 1.61. The number of thiazole rings is 1. The molecule has 1 amide bonds. The van der Waals surface area contributed by atoms with Crippen molar-refractivity contribution in [1.82, 2.24) is 4.98 Å². The largest absolute Gasteiger partial charge is 0.497 e. The van der Waals surface area contributed by atoms with Crippen LogP contribution in [0.15, 0.2) is 42.5 Å². The lowest BCUT2D eigenvalue weighted by molar-refractivity contribution is -0.115. The SMILES string of the molecule is COc1ccc(CC(=O)Nc2nc3c(Cl)cccc3s2)cc1. The van der Waals surface area contributed by atoms with Crippen molar-refractivity contribution < 1.29 is 9.53 Å². The van der Waals surface area contributed by atoms with Gasteiger partial charge in [0.1, 0.15) is 11.3 Å². The quantitative estimate of drug-likeness (QED) is 0.781. The molecular weight excluding hydrogens is 320 g/mol. The molecule has 0 fully saturated rings. The van der Waals surface area contributed by atoms with Crippen LogP contribution in [-0.4, -0.2) is 18.0 Å². The van der Waals surface area contributed by atoms with E-state index in [2.05, 4.69) is 10.3 Å². The second kappa shape index (κ2) is 6.34. The Balaban J connectivity index is 1.71. The van der Waals surface area contributed by atoms with Crippen molar-refractivity contribution in [2.75, 3.05) is 12.4 Å². The molecule has 0 aliphatic rings. The Hall–Kier alpha value is -2.11. The summed E-state index contributed by atoms with van der Waals surface area (Å²) in [4.78, 5) is 16.4. The number of nitrogens with zero attached hydrogens (tertiary/aromatic N) is 1. The van der Waals surface area contributed by atoms with Gasteiger partial charge in [-0.25, -0.2) is 4.98 Å². The third-order valence-corrected chi connectivity index (χ3v) is 4.38. The van der Waals surface area contributed by atoms with E-state index in [-0.39, 0.29) is 12.3 Å². The zero-order valence-electron chi connectivity index (χ0n) is 11.8. The molecule has 0 bridgehead atoms. The number of carbonyl (C=O) groups is 1. The maximum atomic E-state index is 12.1. The van der Waals surface area contributed by atoms with Gasteiger partial charge in [-0.3, -0.25) is 4.79 Å². The van der Waals surface area contributed by atoms with Crippen LogP contribution in [-0.2, 0) is 11.2 Å². The molecule has 2 aromatic carbocycles. The number of amides is 1. The number of aromatic nitrogens is 1. The van der Waals surface area contributed by atoms with E-state index in [0.29, 0.717) is 15.7 Å². The van der Waals surface area contributed by atoms with Gasteiger partial charge in [0.2, 0.25) is 5.91 Å². The molecule has 0 aliphatic heterocycles. The number of halogens is 1. The summed E-state index contributed by atoms with van der Waals surface area (Å²) in [6, 6.07) is 13.0. The predicted octanol–water partition coefficient (Wildman–Crippen LogP) is 4.14. The fourth-order valence-corrected chi connectivity index (χ4v) is 3.24. The molecule has 0 unspecified atom stereocenters. The van der Waals surface area contributed by atoms with E-state index < -0.39 is 0 Å². The highest BCUT2D eigenvalue weighted by Gasteiger charge is 2.10. The number of ether oxygens (including phenoxy) is 1. The van der Waals surface area contributed by atoms with Gasteiger partial charge in [-0.15, -0.1) is 0 Å². The van der Waals surface area contributed by atoms with Crippen molar-refractivity contribution in [2.24, 2.45) is 0 Å². The first kappa shape index (κ1) is 14.8. The van der Waals surface area contributed by atoms with E-state index in [1.165, 1.54) is 11.3 Å². The number of hydrogen-bond acceptors (Lipinski definition) is 4. The van der Waals surface area contributed by atoms with Gasteiger partial charge in [0.25, 0.3) is 0 Å². The standard InChI is InChI=1S/C16H13ClN2O2S/c1-21-11-7-5-10(6-8-11)9-14(20)18-16-19-15-12(17)3-2-4-13(15)22-16/h2-8H,9H2,1H3,(H,18,19,20). The third kappa shape index (κ3) is 3.21. The zero-order chi connectivity index (χ0) is 15.5. The average molecular weight is 333 g/mol. The van der Waals surface area contributed by atoms with Crippen molar-refractivity contribution in [3.05, 3.63) is 53.1 Å². The van der Waals surface area contributed by atoms with Crippen LogP contribution in [0.2, 0.25) is 5.02 Å². The highest BCUT2D eigenvalue weighted by molar-refractivity contribution is 7.22. The second-order valence-electron chi connectivity index (χ2n) is 4.68. The van der Waals surface area contributed by atoms with Gasteiger partial charge in [-0.2, -0.15) is 0 Å². The first-order valence-corrected chi connectivity index (χ1v) is 7.83. The Bertz CT molecular complexity index is 815. The zero-order valence-corrected chi connectivity index (χ0v) is 13.4. The molecule has 0 saturated carbocycles. The van der Waals surface area contributed by atoms with E-state index in [4.69, 9.17) is 16.3 Å². The number of methoxy groups -OCH3 is 1. The molecule has 3 aromatic rings. The topological polar surface area (TPSA) is 51.2 Å². The predicted molar refractivity (Wildman–Crippen MR) is 90.0 cm³/mol. The fourth-order valence-electron chi connectivity index (χ4n) is 2.06. The molecule has 0 atom stereocenters. The lowest BCUT2D eigenvalue weighted by atomic mass is 10.1. The van der Waals surface area contributed by atoms with Crippen molar-refractivity contribution in [3.8, 4) is 5.75 Å². The van der Waals surface area contributed by atoms with Crippen LogP contribution < -0.4 is 10.1 Å². The molecule has 4 nitrogen and oxygen atoms in total. The van der Waals surface area contributed by atoms with Crippen LogP contribution >= 0.6 is 22.9 Å². The number of fused-ring (bicyclic) bond motifs is 1. The molecule has 1 heterocycles. The molecular formula is C16H13ClN2O2S. The smallest absolute Gasteiger partial charge is 0.230 e. The molecule has 3 rings (SSSR count). The number of rotatable bonds is 4. The fraction of sp³-hybridized carbons (Fsp3) is 0.125. The Morgan fingerprint density at radius 3 is 2.73 bits per heavy atom. The van der Waals surface area contributed by atoms with Gasteiger partial charge < -0.3 is 10.1 Å². The molecule has 1 N–H and O–H groups in total. The molecule has 22 heavy (non-hydrogen) atoms. The van der Waals surface area contributed by atoms with Crippen LogP contribution in [0.3, 0.4) is 0 Å². The van der Waals surface area contributed by atoms with Gasteiger partial charge in [-0.05, 0) is 29.8 Å². The summed E-state index contributed by atoms with van der Waals surface area (Å²) in [6.07, 6.45) is 0.285. The van der Waals surface area contributed by atoms with E-state index in [1.807, 2.05) is 36.4 Å². The van der Waals surface area contributed by atoms with Gasteiger partial charge in [-0.1, -0.05) is 41.1 Å². The maximum Gasteiger partial charge on any atom is 0.230 e. The summed E-state index contributed by atoms with van der Waals surface area (Å²) >= 11 is 7.49. The highest BCUT2D eigenvalue weighted by Crippen LogP contribution is 2.30. The van der Waals surface area contributed by atoms with Gasteiger partial charge in [0.05, 0.1) is 23.3 Å². The monoisotopic (exact) mass is 332 g/mol. The number of hydrogen-bond donors (Lipinski definition) is 1. The molecule has 0 radical (unpaired) electrons. The van der Waals surface area contributed by atoms with Crippen LogP contribution in [0.5, 0.6) is 5.75 Å². The van der Waals surface area contributed by atoms with Crippen LogP contribution in [0.25, 0.3) is 10.2 Å². The van der Waals surface area contributed by atoms with Crippen molar-refractivity contribution in [2.45, 2.75) is 6.42 Å². The lowest BCUT2D eigenvalue weighted by Gasteiger charge is -2.03. The number of nitrogens with one attached hydrogen (secondary N) is 1. The Labute approximate surface area is 136 Å². The molecule has 6 heteroatoms. The molecule has 1 aromatic heterocycles. The summed E-state index contributed by atoms with van der Waals surface area (Å²) in [5.74, 6) is 0.658. The van der Waals surface area contributed by atoms with Gasteiger partial charge in [0.15, 0.2) is 5.13 Å². The number of para-hydroxylation sites is 1. The third-order valence-electron chi connectivity index (χ3n) is 3.14. The summed E-state index contributed by atoms with van der Waals surface area (Å²) in [6.45, 7) is 0. The number of benzene rings is 2. The minimum atomic E-state index is -0.111. The summed E-state index contributed by atoms with van der Waals surface area (Å²) in [5, 5.41) is 3.96. The molecule has 112 valence electrons. The minimum Gasteiger partial charge on any atom is -0.497 e. The van der Waals surface area contributed by atoms with E-state index in [0.717, 1.165) is 16.0 Å². The lowest BCUT2D eigenvalue weighted by Crippen LogP contribution is -2.14. The number of carbonyl (C=O) groups excluding carboxylic acids is 1. The van der Waals surface area contributed by atoms with E-state index in [9.17, 15) is 4.79 Å². The second-order valence-corrected chi connectivity index (χ2v) is 6.12. The summed E-state index contributed by atoms with van der Waals surface area (Å²) in [5.41, 5.74) is 1.63. The Morgan fingerprint density at radius 1 is 1.27 bits per heavy atom. The minimum absolute atomic E-state index is 0.111. The summed E-state index contributed by atoms with van der Waals surface area (Å²) < 4.78 is 6.04. The van der Waals surface area contributed by atoms with Crippen LogP contribution in [0.4, 0.5) is 5.13 Å². The van der Waals surface area contributed by atoms with Crippen molar-refractivity contribution >= 4 is 44.2 Å². The average Bonchev–Trinajstić information content (AvgIpc) is 2.92. The molecule has 0 spiro atoms. The first-order valence-electron chi connectivity index (χ1n) is 6.63. The van der Waals surface area contributed by atoms with Crippen LogP contribution in [0, 0.1) is 0 Å². The van der Waals surface area contributed by atoms with Crippen LogP contribution in [0.1, 0.15) is 5.56 Å². The normalized spacial score (nSPS) is 10.6. The Kier molecular flexibility index (Phi) is 4.27. The van der Waals surface area contributed by atoms with Gasteiger partial charge in [0, 0.05) is 0 Å². The van der Waals surface area contributed by atoms with E-state index >= 15 is 0 Å². The highest BCUT2D eigenvalue weighted by atomic mass is 35.5. The maximum absolute atomic E-state index is 12.1.